The van der Waals surface area contributed by atoms with E-state index in [9.17, 15) is 9.59 Å². The van der Waals surface area contributed by atoms with Gasteiger partial charge in [0.1, 0.15) is 0 Å². The van der Waals surface area contributed by atoms with Crippen molar-refractivity contribution in [2.45, 2.75) is 26.1 Å². The van der Waals surface area contributed by atoms with Crippen molar-refractivity contribution in [3.63, 3.8) is 0 Å². The monoisotopic (exact) mass is 226 g/mol. The average Bonchev–Trinajstić information content (AvgIpc) is 2.23. The van der Waals surface area contributed by atoms with Gasteiger partial charge in [-0.2, -0.15) is 0 Å². The second-order valence-corrected chi connectivity index (χ2v) is 3.97. The van der Waals surface area contributed by atoms with Gasteiger partial charge in [0.25, 0.3) is 0 Å². The first-order valence-corrected chi connectivity index (χ1v) is 5.38. The summed E-state index contributed by atoms with van der Waals surface area (Å²) in [5.74, 6) is -1.08. The standard InChI is InChI=1S/C11H18N2O3/c1-4-5-12-10(14)11(15)13-6-8(2)16-9(3)7-13/h4,8-9H,1,5-7H2,2-3H3,(H,12,14). The van der Waals surface area contributed by atoms with Crippen LogP contribution in [0, 0.1) is 0 Å². The van der Waals surface area contributed by atoms with Crippen LogP contribution in [0.4, 0.5) is 0 Å². The molecule has 0 aromatic heterocycles. The third kappa shape index (κ3) is 3.34. The lowest BCUT2D eigenvalue weighted by molar-refractivity contribution is -0.153. The number of carbonyl (C=O) groups is 2. The molecule has 1 fully saturated rings. The van der Waals surface area contributed by atoms with E-state index in [0.29, 0.717) is 19.6 Å². The van der Waals surface area contributed by atoms with Crippen LogP contribution in [0.25, 0.3) is 0 Å². The molecule has 2 amide bonds. The Morgan fingerprint density at radius 1 is 1.44 bits per heavy atom. The van der Waals surface area contributed by atoms with Crippen molar-refractivity contribution >= 4 is 11.8 Å². The molecule has 5 nitrogen and oxygen atoms in total. The van der Waals surface area contributed by atoms with Gasteiger partial charge in [-0.15, -0.1) is 6.58 Å². The molecule has 2 atom stereocenters. The molecule has 5 heteroatoms. The molecule has 0 bridgehead atoms. The number of hydrogen-bond acceptors (Lipinski definition) is 3. The maximum Gasteiger partial charge on any atom is 0.312 e. The first kappa shape index (κ1) is 12.7. The van der Waals surface area contributed by atoms with Crippen LogP contribution in [0.2, 0.25) is 0 Å². The lowest BCUT2D eigenvalue weighted by Gasteiger charge is -2.34. The molecule has 1 rings (SSSR count). The van der Waals surface area contributed by atoms with E-state index in [-0.39, 0.29) is 12.2 Å². The van der Waals surface area contributed by atoms with E-state index in [4.69, 9.17) is 4.74 Å². The molecule has 1 saturated heterocycles. The number of hydrogen-bond donors (Lipinski definition) is 1. The van der Waals surface area contributed by atoms with Gasteiger partial charge in [-0.1, -0.05) is 6.08 Å². The number of morpholine rings is 1. The number of nitrogens with zero attached hydrogens (tertiary/aromatic N) is 1. The van der Waals surface area contributed by atoms with Crippen LogP contribution in [0.5, 0.6) is 0 Å². The molecule has 1 heterocycles. The van der Waals surface area contributed by atoms with Gasteiger partial charge in [0, 0.05) is 19.6 Å². The molecule has 90 valence electrons. The van der Waals surface area contributed by atoms with E-state index in [2.05, 4.69) is 11.9 Å². The second kappa shape index (κ2) is 5.65. The van der Waals surface area contributed by atoms with Crippen LogP contribution < -0.4 is 5.32 Å². The predicted molar refractivity (Wildman–Crippen MR) is 59.8 cm³/mol. The van der Waals surface area contributed by atoms with Gasteiger partial charge in [-0.3, -0.25) is 9.59 Å². The Morgan fingerprint density at radius 2 is 2.00 bits per heavy atom. The summed E-state index contributed by atoms with van der Waals surface area (Å²) in [5, 5.41) is 2.47. The topological polar surface area (TPSA) is 58.6 Å². The lowest BCUT2D eigenvalue weighted by atomic mass is 10.2. The smallest absolute Gasteiger partial charge is 0.312 e. The van der Waals surface area contributed by atoms with E-state index in [1.807, 2.05) is 13.8 Å². The van der Waals surface area contributed by atoms with Crippen molar-refractivity contribution in [2.24, 2.45) is 0 Å². The number of ether oxygens (including phenoxy) is 1. The molecule has 0 aliphatic carbocycles. The Bertz CT molecular complexity index is 281. The van der Waals surface area contributed by atoms with Crippen LogP contribution in [-0.2, 0) is 14.3 Å². The molecule has 0 spiro atoms. The van der Waals surface area contributed by atoms with Crippen LogP contribution in [-0.4, -0.2) is 48.6 Å². The zero-order valence-corrected chi connectivity index (χ0v) is 9.73. The van der Waals surface area contributed by atoms with Crippen LogP contribution in [0.15, 0.2) is 12.7 Å². The second-order valence-electron chi connectivity index (χ2n) is 3.97. The molecule has 0 saturated carbocycles. The molecule has 0 aromatic carbocycles. The Hall–Kier alpha value is -1.36. The number of carbonyl (C=O) groups excluding carboxylic acids is 2. The maximum atomic E-state index is 11.7. The van der Waals surface area contributed by atoms with Crippen molar-refractivity contribution in [1.82, 2.24) is 10.2 Å². The Balaban J connectivity index is 2.52. The first-order valence-electron chi connectivity index (χ1n) is 5.38. The van der Waals surface area contributed by atoms with Crippen molar-refractivity contribution in [3.8, 4) is 0 Å². The van der Waals surface area contributed by atoms with Gasteiger partial charge < -0.3 is 15.0 Å². The largest absolute Gasteiger partial charge is 0.372 e. The Kier molecular flexibility index (Phi) is 4.49. The van der Waals surface area contributed by atoms with Gasteiger partial charge in [0.2, 0.25) is 0 Å². The van der Waals surface area contributed by atoms with Crippen LogP contribution >= 0.6 is 0 Å². The summed E-state index contributed by atoms with van der Waals surface area (Å²) in [6, 6.07) is 0. The van der Waals surface area contributed by atoms with E-state index >= 15 is 0 Å². The lowest BCUT2D eigenvalue weighted by Crippen LogP contribution is -2.52. The first-order chi connectivity index (χ1) is 7.54. The third-order valence-electron chi connectivity index (χ3n) is 2.31. The normalized spacial score (nSPS) is 25.0. The average molecular weight is 226 g/mol. The van der Waals surface area contributed by atoms with Gasteiger partial charge >= 0.3 is 11.8 Å². The fourth-order valence-corrected chi connectivity index (χ4v) is 1.73. The van der Waals surface area contributed by atoms with E-state index in [1.165, 1.54) is 11.0 Å². The van der Waals surface area contributed by atoms with Crippen molar-refractivity contribution in [3.05, 3.63) is 12.7 Å². The minimum absolute atomic E-state index is 0.0279. The highest BCUT2D eigenvalue weighted by molar-refractivity contribution is 6.35. The molecule has 2 unspecified atom stereocenters. The zero-order chi connectivity index (χ0) is 12.1. The molecule has 1 aliphatic rings. The number of amides is 2. The van der Waals surface area contributed by atoms with Crippen molar-refractivity contribution in [1.29, 1.82) is 0 Å². The maximum absolute atomic E-state index is 11.7. The molecular weight excluding hydrogens is 208 g/mol. The van der Waals surface area contributed by atoms with Crippen molar-refractivity contribution < 1.29 is 14.3 Å². The zero-order valence-electron chi connectivity index (χ0n) is 9.73. The fraction of sp³-hybridized carbons (Fsp3) is 0.636. The number of nitrogens with one attached hydrogen (secondary N) is 1. The molecule has 0 radical (unpaired) electrons. The van der Waals surface area contributed by atoms with E-state index in [0.717, 1.165) is 0 Å². The summed E-state index contributed by atoms with van der Waals surface area (Å²) < 4.78 is 5.49. The minimum Gasteiger partial charge on any atom is -0.372 e. The van der Waals surface area contributed by atoms with Gasteiger partial charge in [0.05, 0.1) is 12.2 Å². The SMILES string of the molecule is C=CCNC(=O)C(=O)N1CC(C)OC(C)C1. The Labute approximate surface area is 95.4 Å². The summed E-state index contributed by atoms with van der Waals surface area (Å²) in [6.45, 7) is 8.47. The third-order valence-corrected chi connectivity index (χ3v) is 2.31. The summed E-state index contributed by atoms with van der Waals surface area (Å²) in [6.07, 6.45) is 1.48. The molecular formula is C11H18N2O3. The predicted octanol–water partition coefficient (Wildman–Crippen LogP) is -0.0756. The molecule has 16 heavy (non-hydrogen) atoms. The summed E-state index contributed by atoms with van der Waals surface area (Å²) >= 11 is 0. The molecule has 1 aliphatic heterocycles. The highest BCUT2D eigenvalue weighted by atomic mass is 16.5. The highest BCUT2D eigenvalue weighted by Crippen LogP contribution is 2.10. The van der Waals surface area contributed by atoms with Gasteiger partial charge in [-0.05, 0) is 13.8 Å². The van der Waals surface area contributed by atoms with E-state index < -0.39 is 11.8 Å². The molecule has 0 aromatic rings. The van der Waals surface area contributed by atoms with Crippen LogP contribution in [0.3, 0.4) is 0 Å². The Morgan fingerprint density at radius 3 is 2.50 bits per heavy atom. The summed E-state index contributed by atoms with van der Waals surface area (Å²) in [7, 11) is 0. The van der Waals surface area contributed by atoms with Crippen molar-refractivity contribution in [2.75, 3.05) is 19.6 Å². The molecule has 1 N–H and O–H groups in total. The highest BCUT2D eigenvalue weighted by Gasteiger charge is 2.29. The summed E-state index contributed by atoms with van der Waals surface area (Å²) in [5.41, 5.74) is 0. The fourth-order valence-electron chi connectivity index (χ4n) is 1.73. The summed E-state index contributed by atoms with van der Waals surface area (Å²) in [4.78, 5) is 24.7. The minimum atomic E-state index is -0.582. The van der Waals surface area contributed by atoms with Gasteiger partial charge in [0.15, 0.2) is 0 Å². The number of rotatable bonds is 2. The van der Waals surface area contributed by atoms with E-state index in [1.54, 1.807) is 0 Å². The quantitative estimate of drug-likeness (QED) is 0.529. The van der Waals surface area contributed by atoms with Gasteiger partial charge in [-0.25, -0.2) is 0 Å². The van der Waals surface area contributed by atoms with Crippen LogP contribution in [0.1, 0.15) is 13.8 Å².